The number of anilines is 1. The Morgan fingerprint density at radius 1 is 1.48 bits per heavy atom. The summed E-state index contributed by atoms with van der Waals surface area (Å²) in [5, 5.41) is 8.85. The van der Waals surface area contributed by atoms with Crippen LogP contribution in [0.1, 0.15) is 31.4 Å². The van der Waals surface area contributed by atoms with Crippen LogP contribution in [0.15, 0.2) is 10.6 Å². The highest BCUT2D eigenvalue weighted by Crippen LogP contribution is 2.34. The van der Waals surface area contributed by atoms with Crippen LogP contribution in [0.4, 0.5) is 10.6 Å². The van der Waals surface area contributed by atoms with Gasteiger partial charge in [0.1, 0.15) is 17.8 Å². The molecule has 2 fully saturated rings. The van der Waals surface area contributed by atoms with Crippen LogP contribution >= 0.6 is 0 Å². The van der Waals surface area contributed by atoms with Crippen molar-refractivity contribution in [1.82, 2.24) is 15.4 Å². The van der Waals surface area contributed by atoms with Crippen LogP contribution < -0.4 is 10.6 Å². The van der Waals surface area contributed by atoms with E-state index in [2.05, 4.69) is 15.8 Å². The molecule has 1 saturated carbocycles. The van der Waals surface area contributed by atoms with Gasteiger partial charge in [0, 0.05) is 6.07 Å². The van der Waals surface area contributed by atoms with E-state index in [-0.39, 0.29) is 18.3 Å². The molecule has 1 aliphatic heterocycles. The van der Waals surface area contributed by atoms with E-state index in [0.717, 1.165) is 17.7 Å². The van der Waals surface area contributed by atoms with E-state index >= 15 is 0 Å². The third-order valence-electron chi connectivity index (χ3n) is 3.90. The molecular formula is C13H16N4O4. The average molecular weight is 292 g/mol. The van der Waals surface area contributed by atoms with Crippen LogP contribution in [0.3, 0.4) is 0 Å². The number of amides is 4. The molecule has 2 aliphatic rings. The molecule has 1 aromatic rings. The Bertz CT molecular complexity index is 603. The molecule has 2 heterocycles. The van der Waals surface area contributed by atoms with Gasteiger partial charge in [0.2, 0.25) is 5.91 Å². The largest absolute Gasteiger partial charge is 0.360 e. The van der Waals surface area contributed by atoms with E-state index in [9.17, 15) is 14.4 Å². The topological polar surface area (TPSA) is 105 Å². The molecule has 2 N–H and O–H groups in total. The fraction of sp³-hybridized carbons (Fsp3) is 0.538. The fourth-order valence-electron chi connectivity index (χ4n) is 2.89. The number of urea groups is 1. The quantitative estimate of drug-likeness (QED) is 0.801. The molecule has 0 radical (unpaired) electrons. The number of aromatic nitrogens is 1. The highest BCUT2D eigenvalue weighted by molar-refractivity contribution is 6.10. The predicted molar refractivity (Wildman–Crippen MR) is 71.3 cm³/mol. The van der Waals surface area contributed by atoms with Gasteiger partial charge in [-0.2, -0.15) is 0 Å². The molecule has 1 spiro atoms. The Kier molecular flexibility index (Phi) is 3.15. The summed E-state index contributed by atoms with van der Waals surface area (Å²) in [5.74, 6) is 0.0312. The Morgan fingerprint density at radius 3 is 2.81 bits per heavy atom. The monoisotopic (exact) mass is 292 g/mol. The van der Waals surface area contributed by atoms with Crippen LogP contribution in [-0.4, -0.2) is 40.0 Å². The van der Waals surface area contributed by atoms with E-state index in [1.54, 1.807) is 13.0 Å². The lowest BCUT2D eigenvalue weighted by atomic mass is 9.98. The van der Waals surface area contributed by atoms with Gasteiger partial charge in [-0.25, -0.2) is 4.79 Å². The number of carbonyl (C=O) groups is 3. The Balaban J connectivity index is 1.65. The van der Waals surface area contributed by atoms with E-state index in [4.69, 9.17) is 4.52 Å². The summed E-state index contributed by atoms with van der Waals surface area (Å²) < 4.78 is 4.83. The lowest BCUT2D eigenvalue weighted by molar-refractivity contribution is -0.133. The average Bonchev–Trinajstić information content (AvgIpc) is 3.09. The molecule has 21 heavy (non-hydrogen) atoms. The van der Waals surface area contributed by atoms with Gasteiger partial charge in [-0.05, 0) is 19.8 Å². The van der Waals surface area contributed by atoms with Crippen molar-refractivity contribution in [1.29, 1.82) is 0 Å². The van der Waals surface area contributed by atoms with Crippen molar-refractivity contribution in [3.63, 3.8) is 0 Å². The maximum Gasteiger partial charge on any atom is 0.325 e. The number of imide groups is 1. The standard InChI is InChI=1S/C13H16N4O4/c1-8-6-9(16-21-8)14-10(18)7-17-11(19)13(15-12(17)20)4-2-3-5-13/h6H,2-5,7H2,1H3,(H,15,20)(H,14,16,18). The van der Waals surface area contributed by atoms with Crippen molar-refractivity contribution < 1.29 is 18.9 Å². The number of nitrogens with one attached hydrogen (secondary N) is 2. The zero-order valence-corrected chi connectivity index (χ0v) is 11.6. The van der Waals surface area contributed by atoms with Crippen LogP contribution in [0.25, 0.3) is 0 Å². The zero-order chi connectivity index (χ0) is 15.0. The Morgan fingerprint density at radius 2 is 2.19 bits per heavy atom. The van der Waals surface area contributed by atoms with Gasteiger partial charge in [0.15, 0.2) is 5.82 Å². The normalized spacial score (nSPS) is 20.1. The van der Waals surface area contributed by atoms with Gasteiger partial charge in [-0.1, -0.05) is 18.0 Å². The molecule has 0 unspecified atom stereocenters. The summed E-state index contributed by atoms with van der Waals surface area (Å²) in [6, 6.07) is 1.05. The van der Waals surface area contributed by atoms with Gasteiger partial charge in [-0.3, -0.25) is 14.5 Å². The van der Waals surface area contributed by atoms with Gasteiger partial charge >= 0.3 is 6.03 Å². The first-order chi connectivity index (χ1) is 10.00. The minimum atomic E-state index is -0.790. The number of hydrogen-bond donors (Lipinski definition) is 2. The van der Waals surface area contributed by atoms with Crippen molar-refractivity contribution in [2.45, 2.75) is 38.1 Å². The minimum absolute atomic E-state index is 0.264. The summed E-state index contributed by atoms with van der Waals surface area (Å²) in [4.78, 5) is 37.1. The SMILES string of the molecule is Cc1cc(NC(=O)CN2C(=O)NC3(CCCC3)C2=O)no1. The van der Waals surface area contributed by atoms with Crippen LogP contribution in [-0.2, 0) is 9.59 Å². The molecule has 112 valence electrons. The van der Waals surface area contributed by atoms with Gasteiger partial charge in [0.05, 0.1) is 0 Å². The van der Waals surface area contributed by atoms with Crippen molar-refractivity contribution in [2.75, 3.05) is 11.9 Å². The first kappa shape index (κ1) is 13.6. The molecular weight excluding hydrogens is 276 g/mol. The lowest BCUT2D eigenvalue weighted by Crippen LogP contribution is -2.44. The second kappa shape index (κ2) is 4.87. The molecule has 8 nitrogen and oxygen atoms in total. The summed E-state index contributed by atoms with van der Waals surface area (Å²) in [6.45, 7) is 1.38. The smallest absolute Gasteiger partial charge is 0.325 e. The zero-order valence-electron chi connectivity index (χ0n) is 11.6. The van der Waals surface area contributed by atoms with Crippen molar-refractivity contribution in [3.8, 4) is 0 Å². The third kappa shape index (κ3) is 2.37. The fourth-order valence-corrected chi connectivity index (χ4v) is 2.89. The molecule has 0 atom stereocenters. The van der Waals surface area contributed by atoms with Crippen molar-refractivity contribution in [3.05, 3.63) is 11.8 Å². The maximum absolute atomic E-state index is 12.4. The van der Waals surface area contributed by atoms with Gasteiger partial charge in [-0.15, -0.1) is 0 Å². The number of rotatable bonds is 3. The first-order valence-corrected chi connectivity index (χ1v) is 6.87. The molecule has 1 saturated heterocycles. The van der Waals surface area contributed by atoms with Crippen LogP contribution in [0.5, 0.6) is 0 Å². The lowest BCUT2D eigenvalue weighted by Gasteiger charge is -2.19. The molecule has 1 aliphatic carbocycles. The third-order valence-corrected chi connectivity index (χ3v) is 3.90. The van der Waals surface area contributed by atoms with E-state index in [1.165, 1.54) is 0 Å². The summed E-state index contributed by atoms with van der Waals surface area (Å²) in [6.07, 6.45) is 3.09. The molecule has 1 aromatic heterocycles. The minimum Gasteiger partial charge on any atom is -0.360 e. The van der Waals surface area contributed by atoms with Crippen LogP contribution in [0, 0.1) is 6.92 Å². The van der Waals surface area contributed by atoms with Gasteiger partial charge < -0.3 is 15.2 Å². The molecule has 0 bridgehead atoms. The van der Waals surface area contributed by atoms with E-state index in [1.807, 2.05) is 0 Å². The predicted octanol–water partition coefficient (Wildman–Crippen LogP) is 0.786. The number of aryl methyl sites for hydroxylation is 1. The van der Waals surface area contributed by atoms with Gasteiger partial charge in [0.25, 0.3) is 5.91 Å². The Hall–Kier alpha value is -2.38. The highest BCUT2D eigenvalue weighted by Gasteiger charge is 2.52. The number of nitrogens with zero attached hydrogens (tertiary/aromatic N) is 2. The van der Waals surface area contributed by atoms with Crippen LogP contribution in [0.2, 0.25) is 0 Å². The second-order valence-corrected chi connectivity index (χ2v) is 5.48. The second-order valence-electron chi connectivity index (χ2n) is 5.48. The number of carbonyl (C=O) groups excluding carboxylic acids is 3. The van der Waals surface area contributed by atoms with E-state index < -0.39 is 17.5 Å². The number of hydrogen-bond acceptors (Lipinski definition) is 5. The molecule has 8 heteroatoms. The van der Waals surface area contributed by atoms with Crippen molar-refractivity contribution in [2.24, 2.45) is 0 Å². The molecule has 0 aromatic carbocycles. The van der Waals surface area contributed by atoms with E-state index in [0.29, 0.717) is 18.6 Å². The molecule has 3 rings (SSSR count). The highest BCUT2D eigenvalue weighted by atomic mass is 16.5. The summed E-state index contributed by atoms with van der Waals surface area (Å²) in [5.41, 5.74) is -0.790. The summed E-state index contributed by atoms with van der Waals surface area (Å²) >= 11 is 0. The van der Waals surface area contributed by atoms with Crippen molar-refractivity contribution >= 4 is 23.7 Å². The Labute approximate surface area is 120 Å². The molecule has 4 amide bonds. The maximum atomic E-state index is 12.4. The summed E-state index contributed by atoms with van der Waals surface area (Å²) in [7, 11) is 0. The first-order valence-electron chi connectivity index (χ1n) is 6.87.